The molecule has 1 unspecified atom stereocenters. The van der Waals surface area contributed by atoms with Crippen LogP contribution in [0.3, 0.4) is 0 Å². The standard InChI is InChI=1S/C23H36N4O2.HI/c1-24-23(25-14-7-8-16-29-18-19-9-3-2-4-10-19)26-21-13-15-27(17-21)22(28)20-11-5-6-12-20;/h2-4,9-10,20-21H,5-8,11-18H2,1H3,(H2,24,25,26);1H. The molecular formula is C23H37IN4O2. The number of guanidine groups is 1. The Balaban J connectivity index is 0.00000320. The van der Waals surface area contributed by atoms with E-state index in [1.807, 2.05) is 23.1 Å². The van der Waals surface area contributed by atoms with E-state index >= 15 is 0 Å². The summed E-state index contributed by atoms with van der Waals surface area (Å²) >= 11 is 0. The zero-order chi connectivity index (χ0) is 20.3. The van der Waals surface area contributed by atoms with Crippen molar-refractivity contribution >= 4 is 35.8 Å². The van der Waals surface area contributed by atoms with Crippen LogP contribution in [0, 0.1) is 5.92 Å². The quantitative estimate of drug-likeness (QED) is 0.223. The van der Waals surface area contributed by atoms with Gasteiger partial charge in [0.1, 0.15) is 0 Å². The number of carbonyl (C=O) groups excluding carboxylic acids is 1. The molecule has 1 saturated carbocycles. The summed E-state index contributed by atoms with van der Waals surface area (Å²) < 4.78 is 5.73. The first-order valence-electron chi connectivity index (χ1n) is 11.1. The number of nitrogens with one attached hydrogen (secondary N) is 2. The van der Waals surface area contributed by atoms with Crippen molar-refractivity contribution in [2.24, 2.45) is 10.9 Å². The van der Waals surface area contributed by atoms with E-state index in [-0.39, 0.29) is 29.9 Å². The van der Waals surface area contributed by atoms with E-state index in [2.05, 4.69) is 27.8 Å². The van der Waals surface area contributed by atoms with E-state index < -0.39 is 0 Å². The highest BCUT2D eigenvalue weighted by molar-refractivity contribution is 14.0. The molecule has 3 rings (SSSR count). The zero-order valence-corrected chi connectivity index (χ0v) is 20.5. The highest BCUT2D eigenvalue weighted by Crippen LogP contribution is 2.27. The summed E-state index contributed by atoms with van der Waals surface area (Å²) in [6, 6.07) is 10.6. The minimum absolute atomic E-state index is 0. The van der Waals surface area contributed by atoms with Crippen molar-refractivity contribution in [1.29, 1.82) is 0 Å². The molecule has 0 aromatic heterocycles. The normalized spacial score (nSPS) is 19.6. The minimum atomic E-state index is 0. The van der Waals surface area contributed by atoms with Gasteiger partial charge in [-0.3, -0.25) is 9.79 Å². The highest BCUT2D eigenvalue weighted by Gasteiger charge is 2.32. The number of hydrogen-bond acceptors (Lipinski definition) is 3. The maximum Gasteiger partial charge on any atom is 0.225 e. The van der Waals surface area contributed by atoms with Gasteiger partial charge in [0.15, 0.2) is 5.96 Å². The molecule has 1 aromatic carbocycles. The van der Waals surface area contributed by atoms with Crippen LogP contribution in [0.4, 0.5) is 0 Å². The maximum absolute atomic E-state index is 12.6. The smallest absolute Gasteiger partial charge is 0.225 e. The molecule has 6 nitrogen and oxygen atoms in total. The molecule has 1 aromatic rings. The van der Waals surface area contributed by atoms with Gasteiger partial charge in [0.05, 0.1) is 6.61 Å². The van der Waals surface area contributed by atoms with Crippen molar-refractivity contribution in [1.82, 2.24) is 15.5 Å². The van der Waals surface area contributed by atoms with Gasteiger partial charge in [-0.25, -0.2) is 0 Å². The SMILES string of the molecule is CN=C(NCCCCOCc1ccccc1)NC1CCN(C(=O)C2CCCC2)C1.I. The number of benzene rings is 1. The Labute approximate surface area is 198 Å². The van der Waals surface area contributed by atoms with Crippen LogP contribution in [0.5, 0.6) is 0 Å². The Bertz CT molecular complexity index is 650. The molecule has 1 heterocycles. The van der Waals surface area contributed by atoms with Crippen LogP contribution in [0.25, 0.3) is 0 Å². The summed E-state index contributed by atoms with van der Waals surface area (Å²) in [5.41, 5.74) is 1.22. The Kier molecular flexibility index (Phi) is 11.5. The molecule has 2 aliphatic rings. The van der Waals surface area contributed by atoms with Crippen LogP contribution in [-0.4, -0.2) is 56.1 Å². The highest BCUT2D eigenvalue weighted by atomic mass is 127. The Hall–Kier alpha value is -1.35. The monoisotopic (exact) mass is 528 g/mol. The average molecular weight is 528 g/mol. The van der Waals surface area contributed by atoms with E-state index in [9.17, 15) is 4.79 Å². The molecule has 1 atom stereocenters. The number of nitrogens with zero attached hydrogens (tertiary/aromatic N) is 2. The molecule has 1 amide bonds. The fraction of sp³-hybridized carbons (Fsp3) is 0.652. The third-order valence-electron chi connectivity index (χ3n) is 5.89. The van der Waals surface area contributed by atoms with Gasteiger partial charge in [0.25, 0.3) is 0 Å². The number of ether oxygens (including phenoxy) is 1. The summed E-state index contributed by atoms with van der Waals surface area (Å²) in [6.45, 7) is 3.97. The van der Waals surface area contributed by atoms with Gasteiger partial charge in [-0.2, -0.15) is 0 Å². The lowest BCUT2D eigenvalue weighted by Gasteiger charge is -2.21. The zero-order valence-electron chi connectivity index (χ0n) is 18.1. The largest absolute Gasteiger partial charge is 0.377 e. The van der Waals surface area contributed by atoms with E-state index in [1.165, 1.54) is 18.4 Å². The first kappa shape index (κ1) is 24.9. The van der Waals surface area contributed by atoms with Crippen molar-refractivity contribution in [3.63, 3.8) is 0 Å². The van der Waals surface area contributed by atoms with Crippen molar-refractivity contribution in [2.75, 3.05) is 33.3 Å². The molecule has 2 N–H and O–H groups in total. The fourth-order valence-electron chi connectivity index (χ4n) is 4.20. The number of aliphatic imine (C=N–C) groups is 1. The van der Waals surface area contributed by atoms with Crippen LogP contribution in [0.2, 0.25) is 0 Å². The Morgan fingerprint density at radius 2 is 1.93 bits per heavy atom. The number of amides is 1. The third kappa shape index (κ3) is 8.06. The third-order valence-corrected chi connectivity index (χ3v) is 5.89. The number of likely N-dealkylation sites (tertiary alicyclic amines) is 1. The first-order valence-corrected chi connectivity index (χ1v) is 11.1. The average Bonchev–Trinajstić information content (AvgIpc) is 3.45. The lowest BCUT2D eigenvalue weighted by Crippen LogP contribution is -2.45. The summed E-state index contributed by atoms with van der Waals surface area (Å²) in [7, 11) is 1.80. The fourth-order valence-corrected chi connectivity index (χ4v) is 4.20. The number of halogens is 1. The van der Waals surface area contributed by atoms with Crippen LogP contribution >= 0.6 is 24.0 Å². The molecule has 0 radical (unpaired) electrons. The maximum atomic E-state index is 12.6. The van der Waals surface area contributed by atoms with Crippen molar-refractivity contribution < 1.29 is 9.53 Å². The van der Waals surface area contributed by atoms with Gasteiger partial charge < -0.3 is 20.3 Å². The number of rotatable bonds is 9. The molecule has 7 heteroatoms. The van der Waals surface area contributed by atoms with Gasteiger partial charge in [0.2, 0.25) is 5.91 Å². The Morgan fingerprint density at radius 3 is 2.67 bits per heavy atom. The van der Waals surface area contributed by atoms with Crippen LogP contribution in [0.1, 0.15) is 50.5 Å². The first-order chi connectivity index (χ1) is 14.3. The lowest BCUT2D eigenvalue weighted by atomic mass is 10.1. The lowest BCUT2D eigenvalue weighted by molar-refractivity contribution is -0.134. The molecule has 1 aliphatic carbocycles. The number of carbonyl (C=O) groups is 1. The molecule has 1 saturated heterocycles. The van der Waals surface area contributed by atoms with E-state index in [0.29, 0.717) is 18.6 Å². The summed E-state index contributed by atoms with van der Waals surface area (Å²) in [5.74, 6) is 1.47. The predicted molar refractivity (Wildman–Crippen MR) is 132 cm³/mol. The topological polar surface area (TPSA) is 66.0 Å². The van der Waals surface area contributed by atoms with Gasteiger partial charge in [-0.05, 0) is 37.7 Å². The molecule has 0 bridgehead atoms. The van der Waals surface area contributed by atoms with Gasteiger partial charge in [0, 0.05) is 45.2 Å². The van der Waals surface area contributed by atoms with Gasteiger partial charge in [-0.1, -0.05) is 43.2 Å². The summed E-state index contributed by atoms with van der Waals surface area (Å²) in [4.78, 5) is 19.0. The molecule has 1 aliphatic heterocycles. The van der Waals surface area contributed by atoms with Crippen LogP contribution < -0.4 is 10.6 Å². The minimum Gasteiger partial charge on any atom is -0.377 e. The molecule has 2 fully saturated rings. The number of unbranched alkanes of at least 4 members (excludes halogenated alkanes) is 1. The predicted octanol–water partition coefficient (Wildman–Crippen LogP) is 3.56. The summed E-state index contributed by atoms with van der Waals surface area (Å²) in [5, 5.41) is 6.86. The van der Waals surface area contributed by atoms with Gasteiger partial charge in [-0.15, -0.1) is 24.0 Å². The molecular weight excluding hydrogens is 491 g/mol. The molecule has 168 valence electrons. The van der Waals surface area contributed by atoms with Crippen molar-refractivity contribution in [2.45, 2.75) is 57.6 Å². The number of hydrogen-bond donors (Lipinski definition) is 2. The van der Waals surface area contributed by atoms with E-state index in [0.717, 1.165) is 64.3 Å². The van der Waals surface area contributed by atoms with Crippen molar-refractivity contribution in [3.8, 4) is 0 Å². The van der Waals surface area contributed by atoms with E-state index in [4.69, 9.17) is 4.74 Å². The van der Waals surface area contributed by atoms with Gasteiger partial charge >= 0.3 is 0 Å². The molecule has 30 heavy (non-hydrogen) atoms. The second kappa shape index (κ2) is 13.9. The second-order valence-corrected chi connectivity index (χ2v) is 8.14. The van der Waals surface area contributed by atoms with Crippen molar-refractivity contribution in [3.05, 3.63) is 35.9 Å². The van der Waals surface area contributed by atoms with E-state index in [1.54, 1.807) is 7.05 Å². The second-order valence-electron chi connectivity index (χ2n) is 8.14. The molecule has 0 spiro atoms. The van der Waals surface area contributed by atoms with Crippen LogP contribution in [0.15, 0.2) is 35.3 Å². The van der Waals surface area contributed by atoms with Crippen LogP contribution in [-0.2, 0) is 16.1 Å². The Morgan fingerprint density at radius 1 is 1.17 bits per heavy atom. The summed E-state index contributed by atoms with van der Waals surface area (Å²) in [6.07, 6.45) is 7.61.